The van der Waals surface area contributed by atoms with Crippen LogP contribution < -0.4 is 16.8 Å². The number of allylic oxidation sites excluding steroid dienone is 1. The van der Waals surface area contributed by atoms with Crippen LogP contribution in [0.4, 0.5) is 0 Å². The molecule has 2 aromatic carbocycles. The number of fused-ring (bicyclic) bond motifs is 3. The molecular weight excluding hydrogens is 545 g/mol. The summed E-state index contributed by atoms with van der Waals surface area (Å²) in [4.78, 5) is 26.3. The van der Waals surface area contributed by atoms with Gasteiger partial charge in [0.2, 0.25) is 0 Å². The van der Waals surface area contributed by atoms with E-state index in [1.54, 1.807) is 31.3 Å². The van der Waals surface area contributed by atoms with E-state index in [9.17, 15) is 30.0 Å². The molecule has 0 radical (unpaired) electrons. The number of amides is 1. The van der Waals surface area contributed by atoms with E-state index in [4.69, 9.17) is 34.7 Å². The second kappa shape index (κ2) is 9.53. The second-order valence-corrected chi connectivity index (χ2v) is 11.4. The van der Waals surface area contributed by atoms with Crippen molar-refractivity contribution in [3.8, 4) is 16.9 Å². The van der Waals surface area contributed by atoms with Crippen LogP contribution in [0.25, 0.3) is 16.9 Å². The van der Waals surface area contributed by atoms with E-state index in [1.165, 1.54) is 6.92 Å². The van der Waals surface area contributed by atoms with Gasteiger partial charge in [-0.05, 0) is 73.5 Å². The fourth-order valence-corrected chi connectivity index (χ4v) is 7.13. The molecule has 0 aliphatic heterocycles. The van der Waals surface area contributed by atoms with Gasteiger partial charge in [0.1, 0.15) is 22.9 Å². The van der Waals surface area contributed by atoms with Gasteiger partial charge < -0.3 is 37.2 Å². The van der Waals surface area contributed by atoms with Crippen molar-refractivity contribution in [2.24, 2.45) is 29.2 Å². The van der Waals surface area contributed by atoms with Crippen LogP contribution in [0.3, 0.4) is 0 Å². The lowest BCUT2D eigenvalue weighted by Gasteiger charge is -2.50. The maximum atomic E-state index is 14.1. The van der Waals surface area contributed by atoms with Gasteiger partial charge >= 0.3 is 0 Å². The van der Waals surface area contributed by atoms with E-state index in [0.717, 1.165) is 0 Å². The predicted molar refractivity (Wildman–Crippen MR) is 147 cm³/mol. The van der Waals surface area contributed by atoms with Crippen LogP contribution in [-0.4, -0.2) is 50.8 Å². The Morgan fingerprint density at radius 3 is 2.46 bits per heavy atom. The van der Waals surface area contributed by atoms with Crippen molar-refractivity contribution in [3.05, 3.63) is 67.9 Å². The van der Waals surface area contributed by atoms with Crippen LogP contribution >= 0.6 is 23.2 Å². The number of aliphatic hydroxyl groups is 3. The predicted octanol–water partition coefficient (Wildman–Crippen LogP) is 3.12. The molecule has 2 aromatic rings. The van der Waals surface area contributed by atoms with Gasteiger partial charge in [0, 0.05) is 17.7 Å². The van der Waals surface area contributed by atoms with Gasteiger partial charge in [0.25, 0.3) is 5.91 Å². The standard InChI is InChI=1S/C28H29Cl2N3O6/c1-28(39)20-15(22(33-2)26(37)21(28)27(32)38)6-11-5-14-13(10-3-4-16(29)17(30)8-10)7-12(9-31)23(34)19(14)24(35)18(11)25(20)36/h3-4,7-8,11,15,20,22,33-35,37,39H,5-6,9,31H2,1-2H3,(H2,32,38)/t11?,15?,20?,22-,28?/m1/s1. The Bertz CT molecular complexity index is 1500. The molecule has 0 bridgehead atoms. The average Bonchev–Trinajstić information content (AvgIpc) is 2.85. The van der Waals surface area contributed by atoms with Gasteiger partial charge in [-0.3, -0.25) is 9.59 Å². The maximum Gasteiger partial charge on any atom is 0.251 e. The first-order chi connectivity index (χ1) is 18.3. The Kier molecular flexibility index (Phi) is 6.72. The number of halogens is 2. The number of likely N-dealkylation sites (N-methyl/N-ethyl adjacent to an activating group) is 1. The summed E-state index contributed by atoms with van der Waals surface area (Å²) in [6.45, 7) is 1.23. The highest BCUT2D eigenvalue weighted by Gasteiger charge is 2.59. The smallest absolute Gasteiger partial charge is 0.251 e. The van der Waals surface area contributed by atoms with Crippen LogP contribution in [0, 0.1) is 17.8 Å². The van der Waals surface area contributed by atoms with Crippen LogP contribution in [0.1, 0.15) is 30.0 Å². The largest absolute Gasteiger partial charge is 0.510 e. The van der Waals surface area contributed by atoms with Gasteiger partial charge in [0.05, 0.1) is 33.1 Å². The molecule has 0 heterocycles. The molecule has 4 unspecified atom stereocenters. The van der Waals surface area contributed by atoms with Gasteiger partial charge in [0.15, 0.2) is 5.78 Å². The molecule has 3 aliphatic carbocycles. The summed E-state index contributed by atoms with van der Waals surface area (Å²) in [5.41, 5.74) is 11.3. The van der Waals surface area contributed by atoms with Gasteiger partial charge in [-0.1, -0.05) is 29.3 Å². The molecule has 5 atom stereocenters. The minimum atomic E-state index is -2.09. The average molecular weight is 574 g/mol. The highest BCUT2D eigenvalue weighted by molar-refractivity contribution is 6.42. The SMILES string of the molecule is CN[C@H]1C(O)=C(C(N)=O)C(C)(O)C2C(=O)C3=C(O)c4c(O)c(CN)cc(-c5ccc(Cl)c(Cl)c5)c4CC3CC21. The number of primary amides is 1. The van der Waals surface area contributed by atoms with E-state index in [2.05, 4.69) is 5.32 Å². The molecular formula is C28H29Cl2N3O6. The zero-order valence-electron chi connectivity index (χ0n) is 21.3. The Hall–Kier alpha value is -3.08. The van der Waals surface area contributed by atoms with Crippen LogP contribution in [-0.2, 0) is 22.6 Å². The lowest BCUT2D eigenvalue weighted by Crippen LogP contribution is -2.61. The van der Waals surface area contributed by atoms with E-state index >= 15 is 0 Å². The molecule has 39 heavy (non-hydrogen) atoms. The fourth-order valence-electron chi connectivity index (χ4n) is 6.83. The third-order valence-corrected chi connectivity index (χ3v) is 9.21. The normalized spacial score (nSPS) is 28.2. The minimum Gasteiger partial charge on any atom is -0.510 e. The highest BCUT2D eigenvalue weighted by Crippen LogP contribution is 2.54. The molecule has 206 valence electrons. The Morgan fingerprint density at radius 2 is 1.87 bits per heavy atom. The number of hydrogen-bond donors (Lipinski definition) is 7. The molecule has 9 nitrogen and oxygen atoms in total. The van der Waals surface area contributed by atoms with Crippen molar-refractivity contribution in [3.63, 3.8) is 0 Å². The summed E-state index contributed by atoms with van der Waals surface area (Å²) in [6, 6.07) is 6.00. The van der Waals surface area contributed by atoms with Crippen molar-refractivity contribution in [2.75, 3.05) is 7.05 Å². The van der Waals surface area contributed by atoms with Crippen LogP contribution in [0.15, 0.2) is 41.2 Å². The number of aromatic hydroxyl groups is 1. The first-order valence-corrected chi connectivity index (χ1v) is 13.2. The molecule has 1 fully saturated rings. The number of carbonyl (C=O) groups excluding carboxylic acids is 2. The molecule has 3 aliphatic rings. The molecule has 1 amide bonds. The third kappa shape index (κ3) is 3.95. The number of benzene rings is 2. The number of aliphatic hydroxyl groups excluding tert-OH is 2. The first kappa shape index (κ1) is 27.5. The number of carbonyl (C=O) groups is 2. The summed E-state index contributed by atoms with van der Waals surface area (Å²) in [5.74, 6) is -4.99. The summed E-state index contributed by atoms with van der Waals surface area (Å²) in [5, 5.41) is 48.7. The van der Waals surface area contributed by atoms with Gasteiger partial charge in [-0.15, -0.1) is 0 Å². The van der Waals surface area contributed by atoms with Crippen molar-refractivity contribution >= 4 is 40.7 Å². The van der Waals surface area contributed by atoms with Crippen molar-refractivity contribution in [1.82, 2.24) is 5.32 Å². The molecule has 1 saturated carbocycles. The Morgan fingerprint density at radius 1 is 1.18 bits per heavy atom. The number of nitrogens with one attached hydrogen (secondary N) is 1. The van der Waals surface area contributed by atoms with Gasteiger partial charge in [-0.2, -0.15) is 0 Å². The summed E-state index contributed by atoms with van der Waals surface area (Å²) >= 11 is 12.4. The highest BCUT2D eigenvalue weighted by atomic mass is 35.5. The Labute approximate surface area is 234 Å². The lowest BCUT2D eigenvalue weighted by molar-refractivity contribution is -0.137. The van der Waals surface area contributed by atoms with E-state index < -0.39 is 58.2 Å². The van der Waals surface area contributed by atoms with Crippen LogP contribution in [0.5, 0.6) is 5.75 Å². The topological polar surface area (TPSA) is 179 Å². The number of ketones is 1. The maximum absolute atomic E-state index is 14.1. The van der Waals surface area contributed by atoms with E-state index in [0.29, 0.717) is 32.3 Å². The number of phenols is 1. The monoisotopic (exact) mass is 573 g/mol. The number of phenolic OH excluding ortho intramolecular Hbond substituents is 1. The Balaban J connectivity index is 1.74. The van der Waals surface area contributed by atoms with Crippen molar-refractivity contribution in [1.29, 1.82) is 0 Å². The summed E-state index contributed by atoms with van der Waals surface area (Å²) in [7, 11) is 1.58. The third-order valence-electron chi connectivity index (χ3n) is 8.47. The quantitative estimate of drug-likeness (QED) is 0.291. The second-order valence-electron chi connectivity index (χ2n) is 10.6. The summed E-state index contributed by atoms with van der Waals surface area (Å²) in [6.07, 6.45) is 0.552. The molecule has 0 saturated heterocycles. The van der Waals surface area contributed by atoms with E-state index in [1.807, 2.05) is 0 Å². The first-order valence-electron chi connectivity index (χ1n) is 12.5. The molecule has 0 spiro atoms. The fraction of sp³-hybridized carbons (Fsp3) is 0.357. The zero-order chi connectivity index (χ0) is 28.5. The van der Waals surface area contributed by atoms with E-state index in [-0.39, 0.29) is 36.3 Å². The number of Topliss-reactive ketones (excluding diaryl/α,β-unsaturated/α-hetero) is 1. The van der Waals surface area contributed by atoms with Gasteiger partial charge in [-0.25, -0.2) is 0 Å². The molecule has 9 N–H and O–H groups in total. The number of nitrogens with two attached hydrogens (primary N) is 2. The molecule has 5 rings (SSSR count). The summed E-state index contributed by atoms with van der Waals surface area (Å²) < 4.78 is 0. The van der Waals surface area contributed by atoms with Crippen molar-refractivity contribution < 1.29 is 30.0 Å². The lowest BCUT2D eigenvalue weighted by atomic mass is 9.55. The zero-order valence-corrected chi connectivity index (χ0v) is 22.8. The molecule has 11 heteroatoms. The minimum absolute atomic E-state index is 0.0390. The van der Waals surface area contributed by atoms with Crippen molar-refractivity contribution in [2.45, 2.75) is 38.0 Å². The molecule has 0 aromatic heterocycles. The number of rotatable bonds is 4. The van der Waals surface area contributed by atoms with Crippen LogP contribution in [0.2, 0.25) is 10.0 Å². The number of hydrogen-bond acceptors (Lipinski definition) is 8.